The molecule has 7 heteroatoms. The first-order valence-electron chi connectivity index (χ1n) is 7.94. The Labute approximate surface area is 144 Å². The van der Waals surface area contributed by atoms with E-state index in [9.17, 15) is 19.3 Å². The number of carbonyl (C=O) groups is 1. The third-order valence-corrected chi connectivity index (χ3v) is 3.96. The van der Waals surface area contributed by atoms with E-state index in [1.165, 1.54) is 36.4 Å². The van der Waals surface area contributed by atoms with Gasteiger partial charge in [0, 0.05) is 24.7 Å². The maximum atomic E-state index is 13.3. The summed E-state index contributed by atoms with van der Waals surface area (Å²) in [6, 6.07) is 11.9. The summed E-state index contributed by atoms with van der Waals surface area (Å²) in [5.74, 6) is -0.131. The van der Waals surface area contributed by atoms with Crippen LogP contribution in [0.2, 0.25) is 0 Å². The SMILES string of the molecule is O=C(COc1ccc([N+](=O)[O-])cc1)N(Cc1cccc(F)c1)C1CC1. The number of hydrogen-bond acceptors (Lipinski definition) is 4. The summed E-state index contributed by atoms with van der Waals surface area (Å²) >= 11 is 0. The van der Waals surface area contributed by atoms with E-state index in [1.807, 2.05) is 0 Å². The van der Waals surface area contributed by atoms with Crippen molar-refractivity contribution in [1.29, 1.82) is 0 Å². The van der Waals surface area contributed by atoms with Crippen LogP contribution in [0.5, 0.6) is 5.75 Å². The molecule has 1 amide bonds. The molecule has 1 aliphatic rings. The van der Waals surface area contributed by atoms with Crippen LogP contribution in [0.4, 0.5) is 10.1 Å². The molecule has 1 aliphatic carbocycles. The van der Waals surface area contributed by atoms with Crippen LogP contribution in [0.1, 0.15) is 18.4 Å². The second-order valence-corrected chi connectivity index (χ2v) is 5.92. The van der Waals surface area contributed by atoms with Crippen LogP contribution in [-0.2, 0) is 11.3 Å². The van der Waals surface area contributed by atoms with E-state index in [4.69, 9.17) is 4.74 Å². The average molecular weight is 344 g/mol. The predicted molar refractivity (Wildman–Crippen MR) is 88.6 cm³/mol. The van der Waals surface area contributed by atoms with E-state index in [0.29, 0.717) is 12.3 Å². The van der Waals surface area contributed by atoms with Gasteiger partial charge < -0.3 is 9.64 Å². The minimum Gasteiger partial charge on any atom is -0.484 e. The summed E-state index contributed by atoms with van der Waals surface area (Å²) in [4.78, 5) is 24.3. The lowest BCUT2D eigenvalue weighted by Gasteiger charge is -2.22. The van der Waals surface area contributed by atoms with Gasteiger partial charge in [0.15, 0.2) is 6.61 Å². The Kier molecular flexibility index (Phi) is 4.92. The monoisotopic (exact) mass is 344 g/mol. The highest BCUT2D eigenvalue weighted by Crippen LogP contribution is 2.29. The molecule has 2 aromatic carbocycles. The first kappa shape index (κ1) is 16.9. The molecule has 25 heavy (non-hydrogen) atoms. The summed E-state index contributed by atoms with van der Waals surface area (Å²) in [6.45, 7) is 0.175. The average Bonchev–Trinajstić information content (AvgIpc) is 3.43. The van der Waals surface area contributed by atoms with Gasteiger partial charge in [0.05, 0.1) is 4.92 Å². The summed E-state index contributed by atoms with van der Waals surface area (Å²) < 4.78 is 18.8. The molecule has 0 bridgehead atoms. The van der Waals surface area contributed by atoms with Gasteiger partial charge in [0.2, 0.25) is 0 Å². The van der Waals surface area contributed by atoms with Crippen molar-refractivity contribution >= 4 is 11.6 Å². The van der Waals surface area contributed by atoms with Gasteiger partial charge in [-0.2, -0.15) is 0 Å². The van der Waals surface area contributed by atoms with Crippen molar-refractivity contribution in [3.8, 4) is 5.75 Å². The molecule has 6 nitrogen and oxygen atoms in total. The van der Waals surface area contributed by atoms with Gasteiger partial charge >= 0.3 is 0 Å². The van der Waals surface area contributed by atoms with Crippen molar-refractivity contribution in [2.24, 2.45) is 0 Å². The van der Waals surface area contributed by atoms with Gasteiger partial charge in [-0.1, -0.05) is 12.1 Å². The highest BCUT2D eigenvalue weighted by molar-refractivity contribution is 5.78. The van der Waals surface area contributed by atoms with Crippen LogP contribution < -0.4 is 4.74 Å². The van der Waals surface area contributed by atoms with Crippen molar-refractivity contribution in [3.63, 3.8) is 0 Å². The molecule has 0 saturated heterocycles. The zero-order valence-corrected chi connectivity index (χ0v) is 13.4. The molecule has 0 heterocycles. The summed E-state index contributed by atoms with van der Waals surface area (Å²) in [6.07, 6.45) is 1.86. The Hall–Kier alpha value is -2.96. The molecule has 1 saturated carbocycles. The smallest absolute Gasteiger partial charge is 0.269 e. The van der Waals surface area contributed by atoms with E-state index < -0.39 is 4.92 Å². The lowest BCUT2D eigenvalue weighted by Crippen LogP contribution is -2.36. The van der Waals surface area contributed by atoms with Crippen LogP contribution >= 0.6 is 0 Å². The summed E-state index contributed by atoms with van der Waals surface area (Å²) in [5, 5.41) is 10.6. The number of halogens is 1. The number of benzene rings is 2. The van der Waals surface area contributed by atoms with E-state index in [2.05, 4.69) is 0 Å². The Morgan fingerprint density at radius 1 is 1.24 bits per heavy atom. The van der Waals surface area contributed by atoms with E-state index >= 15 is 0 Å². The van der Waals surface area contributed by atoms with Crippen molar-refractivity contribution in [2.75, 3.05) is 6.61 Å². The van der Waals surface area contributed by atoms with Crippen molar-refractivity contribution < 1.29 is 18.8 Å². The minimum atomic E-state index is -0.497. The molecule has 0 N–H and O–H groups in total. The molecule has 0 atom stereocenters. The second-order valence-electron chi connectivity index (χ2n) is 5.92. The number of rotatable bonds is 7. The van der Waals surface area contributed by atoms with Gasteiger partial charge in [-0.05, 0) is 42.7 Å². The topological polar surface area (TPSA) is 72.7 Å². The number of ether oxygens (including phenoxy) is 1. The molecule has 0 aromatic heterocycles. The highest BCUT2D eigenvalue weighted by atomic mass is 19.1. The van der Waals surface area contributed by atoms with Crippen molar-refractivity contribution in [3.05, 3.63) is 70.0 Å². The standard InChI is InChI=1S/C18H17FN2O4/c19-14-3-1-2-13(10-14)11-20(15-4-5-15)18(22)12-25-17-8-6-16(7-9-17)21(23)24/h1-3,6-10,15H,4-5,11-12H2. The fraction of sp³-hybridized carbons (Fsp3) is 0.278. The molecular weight excluding hydrogens is 327 g/mol. The maximum Gasteiger partial charge on any atom is 0.269 e. The fourth-order valence-electron chi connectivity index (χ4n) is 2.53. The molecule has 2 aromatic rings. The fourth-order valence-corrected chi connectivity index (χ4v) is 2.53. The molecule has 0 spiro atoms. The Morgan fingerprint density at radius 2 is 1.96 bits per heavy atom. The van der Waals surface area contributed by atoms with Crippen LogP contribution in [0, 0.1) is 15.9 Å². The van der Waals surface area contributed by atoms with E-state index in [0.717, 1.165) is 18.4 Å². The molecular formula is C18H17FN2O4. The number of nitro groups is 1. The highest BCUT2D eigenvalue weighted by Gasteiger charge is 2.32. The van der Waals surface area contributed by atoms with Gasteiger partial charge in [-0.25, -0.2) is 4.39 Å². The van der Waals surface area contributed by atoms with Crippen LogP contribution in [0.15, 0.2) is 48.5 Å². The van der Waals surface area contributed by atoms with Gasteiger partial charge in [-0.3, -0.25) is 14.9 Å². The largest absolute Gasteiger partial charge is 0.484 e. The van der Waals surface area contributed by atoms with Crippen LogP contribution in [0.25, 0.3) is 0 Å². The Balaban J connectivity index is 1.60. The Morgan fingerprint density at radius 3 is 2.56 bits per heavy atom. The first-order chi connectivity index (χ1) is 12.0. The van der Waals surface area contributed by atoms with E-state index in [-0.39, 0.29) is 30.1 Å². The quantitative estimate of drug-likeness (QED) is 0.571. The molecule has 3 rings (SSSR count). The molecule has 130 valence electrons. The zero-order valence-electron chi connectivity index (χ0n) is 13.4. The minimum absolute atomic E-state index is 0.0376. The maximum absolute atomic E-state index is 13.3. The molecule has 1 fully saturated rings. The molecule has 0 unspecified atom stereocenters. The number of nitro benzene ring substituents is 1. The van der Waals surface area contributed by atoms with Gasteiger partial charge in [0.1, 0.15) is 11.6 Å². The third kappa shape index (κ3) is 4.53. The van der Waals surface area contributed by atoms with Crippen molar-refractivity contribution in [2.45, 2.75) is 25.4 Å². The Bertz CT molecular complexity index is 775. The van der Waals surface area contributed by atoms with Crippen LogP contribution in [-0.4, -0.2) is 28.4 Å². The number of non-ortho nitro benzene ring substituents is 1. The van der Waals surface area contributed by atoms with Crippen molar-refractivity contribution in [1.82, 2.24) is 4.90 Å². The van der Waals surface area contributed by atoms with E-state index in [1.54, 1.807) is 17.0 Å². The van der Waals surface area contributed by atoms with Crippen LogP contribution in [0.3, 0.4) is 0 Å². The lowest BCUT2D eigenvalue weighted by atomic mass is 10.2. The second kappa shape index (κ2) is 7.29. The number of carbonyl (C=O) groups excluding carboxylic acids is 1. The number of nitrogens with zero attached hydrogens (tertiary/aromatic N) is 2. The third-order valence-electron chi connectivity index (χ3n) is 3.96. The number of amides is 1. The first-order valence-corrected chi connectivity index (χ1v) is 7.94. The van der Waals surface area contributed by atoms with Gasteiger partial charge in [-0.15, -0.1) is 0 Å². The lowest BCUT2D eigenvalue weighted by molar-refractivity contribution is -0.384. The van der Waals surface area contributed by atoms with Gasteiger partial charge in [0.25, 0.3) is 11.6 Å². The predicted octanol–water partition coefficient (Wildman–Crippen LogP) is 3.30. The zero-order chi connectivity index (χ0) is 17.8. The summed E-state index contributed by atoms with van der Waals surface area (Å²) in [7, 11) is 0. The summed E-state index contributed by atoms with van der Waals surface area (Å²) in [5.41, 5.74) is 0.694. The molecule has 0 radical (unpaired) electrons. The normalized spacial score (nSPS) is 13.3. The number of hydrogen-bond donors (Lipinski definition) is 0. The molecule has 0 aliphatic heterocycles.